The van der Waals surface area contributed by atoms with E-state index in [2.05, 4.69) is 10.3 Å². The summed E-state index contributed by atoms with van der Waals surface area (Å²) < 4.78 is 38.0. The Morgan fingerprint density at radius 3 is 2.50 bits per heavy atom. The molecule has 0 spiro atoms. The summed E-state index contributed by atoms with van der Waals surface area (Å²) in [5.74, 6) is 0.731. The zero-order valence-electron chi connectivity index (χ0n) is 14.9. The minimum Gasteiger partial charge on any atom is -0.350 e. The molecule has 2 aromatic rings. The van der Waals surface area contributed by atoms with Gasteiger partial charge in [0, 0.05) is 17.0 Å². The van der Waals surface area contributed by atoms with E-state index in [0.717, 1.165) is 31.4 Å². The summed E-state index contributed by atoms with van der Waals surface area (Å²) in [6, 6.07) is 4.88. The Kier molecular flexibility index (Phi) is 6.03. The van der Waals surface area contributed by atoms with E-state index >= 15 is 0 Å². The highest BCUT2D eigenvalue weighted by molar-refractivity contribution is 7.13. The zero-order valence-corrected chi connectivity index (χ0v) is 16.5. The molecule has 1 aromatic heterocycles. The molecule has 3 N–H and O–H groups in total. The van der Waals surface area contributed by atoms with Crippen LogP contribution in [0.4, 0.5) is 13.2 Å². The number of carbonyl (C=O) groups is 1. The molecule has 2 bridgehead atoms. The molecule has 1 aromatic carbocycles. The zero-order chi connectivity index (χ0) is 19.2. The SMILES string of the molecule is Cl.NC1C2CCC(C2)C1C(=O)NCc1csc(-c2ccc(C(F)(F)F)cc2)n1. The lowest BCUT2D eigenvalue weighted by Crippen LogP contribution is -2.45. The lowest BCUT2D eigenvalue weighted by Gasteiger charge is -2.26. The predicted molar refractivity (Wildman–Crippen MR) is 104 cm³/mol. The van der Waals surface area contributed by atoms with Gasteiger partial charge in [0.15, 0.2) is 0 Å². The van der Waals surface area contributed by atoms with Crippen molar-refractivity contribution < 1.29 is 18.0 Å². The number of thiazole rings is 1. The molecule has 4 atom stereocenters. The third-order valence-corrected chi connectivity index (χ3v) is 6.68. The second-order valence-corrected chi connectivity index (χ2v) is 8.23. The van der Waals surface area contributed by atoms with E-state index in [9.17, 15) is 18.0 Å². The Hall–Kier alpha value is -1.64. The lowest BCUT2D eigenvalue weighted by atomic mass is 9.84. The maximum Gasteiger partial charge on any atom is 0.416 e. The summed E-state index contributed by atoms with van der Waals surface area (Å²) in [6.45, 7) is 0.302. The van der Waals surface area contributed by atoms with E-state index < -0.39 is 11.7 Å². The van der Waals surface area contributed by atoms with Crippen molar-refractivity contribution in [3.8, 4) is 10.6 Å². The van der Waals surface area contributed by atoms with Crippen molar-refractivity contribution in [2.24, 2.45) is 23.5 Å². The van der Waals surface area contributed by atoms with Gasteiger partial charge in [-0.15, -0.1) is 23.7 Å². The fourth-order valence-corrected chi connectivity index (χ4v) is 5.17. The van der Waals surface area contributed by atoms with Gasteiger partial charge in [-0.3, -0.25) is 4.79 Å². The largest absolute Gasteiger partial charge is 0.416 e. The molecule has 2 fully saturated rings. The minimum absolute atomic E-state index is 0. The second-order valence-electron chi connectivity index (χ2n) is 7.37. The van der Waals surface area contributed by atoms with Gasteiger partial charge >= 0.3 is 6.18 Å². The van der Waals surface area contributed by atoms with E-state index in [1.54, 1.807) is 0 Å². The van der Waals surface area contributed by atoms with Crippen molar-refractivity contribution in [2.45, 2.75) is 38.0 Å². The standard InChI is InChI=1S/C19H20F3N3OS.ClH/c20-19(21,22)13-5-3-10(4-6-13)18-25-14(9-27-18)8-24-17(26)15-11-1-2-12(7-11)16(15)23;/h3-6,9,11-12,15-16H,1-2,7-8,23H2,(H,24,26);1H. The maximum atomic E-state index is 12.7. The molecule has 28 heavy (non-hydrogen) atoms. The molecule has 152 valence electrons. The number of hydrogen-bond acceptors (Lipinski definition) is 4. The Labute approximate surface area is 171 Å². The fraction of sp³-hybridized carbons (Fsp3) is 0.474. The molecule has 2 saturated carbocycles. The van der Waals surface area contributed by atoms with Crippen molar-refractivity contribution >= 4 is 29.7 Å². The molecule has 4 nitrogen and oxygen atoms in total. The fourth-order valence-electron chi connectivity index (χ4n) is 4.34. The number of hydrogen-bond donors (Lipinski definition) is 2. The number of fused-ring (bicyclic) bond motifs is 2. The molecule has 4 rings (SSSR count). The summed E-state index contributed by atoms with van der Waals surface area (Å²) in [4.78, 5) is 16.9. The van der Waals surface area contributed by atoms with Crippen molar-refractivity contribution in [3.63, 3.8) is 0 Å². The highest BCUT2D eigenvalue weighted by Gasteiger charge is 2.48. The quantitative estimate of drug-likeness (QED) is 0.760. The van der Waals surface area contributed by atoms with Crippen LogP contribution in [0.25, 0.3) is 10.6 Å². The van der Waals surface area contributed by atoms with E-state index in [-0.39, 0.29) is 30.3 Å². The van der Waals surface area contributed by atoms with Gasteiger partial charge < -0.3 is 11.1 Å². The van der Waals surface area contributed by atoms with Crippen LogP contribution in [0, 0.1) is 17.8 Å². The number of rotatable bonds is 4. The van der Waals surface area contributed by atoms with Gasteiger partial charge in [-0.05, 0) is 43.2 Å². The summed E-state index contributed by atoms with van der Waals surface area (Å²) in [5.41, 5.74) is 6.84. The summed E-state index contributed by atoms with van der Waals surface area (Å²) in [7, 11) is 0. The van der Waals surface area contributed by atoms with Gasteiger partial charge in [0.05, 0.1) is 23.7 Å². The number of alkyl halides is 3. The van der Waals surface area contributed by atoms with Crippen molar-refractivity contribution in [1.82, 2.24) is 10.3 Å². The van der Waals surface area contributed by atoms with Crippen LogP contribution in [-0.2, 0) is 17.5 Å². The number of carbonyl (C=O) groups excluding carboxylic acids is 1. The average Bonchev–Trinajstić information content (AvgIpc) is 3.35. The summed E-state index contributed by atoms with van der Waals surface area (Å²) >= 11 is 1.34. The van der Waals surface area contributed by atoms with Gasteiger partial charge in [-0.2, -0.15) is 13.2 Å². The maximum absolute atomic E-state index is 12.7. The van der Waals surface area contributed by atoms with Crippen LogP contribution in [0.5, 0.6) is 0 Å². The lowest BCUT2D eigenvalue weighted by molar-refractivity contribution is -0.137. The molecule has 9 heteroatoms. The molecule has 2 aliphatic rings. The first-order valence-electron chi connectivity index (χ1n) is 8.98. The van der Waals surface area contributed by atoms with E-state index in [1.165, 1.54) is 23.5 Å². The van der Waals surface area contributed by atoms with Crippen molar-refractivity contribution in [2.75, 3.05) is 0 Å². The Morgan fingerprint density at radius 1 is 1.21 bits per heavy atom. The number of benzene rings is 1. The Balaban J connectivity index is 0.00000225. The van der Waals surface area contributed by atoms with Crippen molar-refractivity contribution in [1.29, 1.82) is 0 Å². The van der Waals surface area contributed by atoms with Crippen LogP contribution in [-0.4, -0.2) is 16.9 Å². The van der Waals surface area contributed by atoms with Crippen LogP contribution < -0.4 is 11.1 Å². The number of aromatic nitrogens is 1. The molecule has 1 amide bonds. The van der Waals surface area contributed by atoms with Gasteiger partial charge in [0.2, 0.25) is 5.91 Å². The molecular formula is C19H21ClF3N3OS. The molecule has 0 aliphatic heterocycles. The van der Waals surface area contributed by atoms with Crippen LogP contribution in [0.2, 0.25) is 0 Å². The first-order chi connectivity index (χ1) is 12.8. The Morgan fingerprint density at radius 2 is 1.89 bits per heavy atom. The highest BCUT2D eigenvalue weighted by atomic mass is 35.5. The van der Waals surface area contributed by atoms with Crippen LogP contribution in [0.3, 0.4) is 0 Å². The molecule has 0 radical (unpaired) electrons. The average molecular weight is 432 g/mol. The van der Waals surface area contributed by atoms with Crippen molar-refractivity contribution in [3.05, 3.63) is 40.9 Å². The first-order valence-corrected chi connectivity index (χ1v) is 9.86. The van der Waals surface area contributed by atoms with E-state index in [1.807, 2.05) is 5.38 Å². The summed E-state index contributed by atoms with van der Waals surface area (Å²) in [5, 5.41) is 5.37. The second kappa shape index (κ2) is 8.00. The predicted octanol–water partition coefficient (Wildman–Crippen LogP) is 4.24. The van der Waals surface area contributed by atoms with Gasteiger partial charge in [-0.1, -0.05) is 12.1 Å². The summed E-state index contributed by atoms with van der Waals surface area (Å²) in [6.07, 6.45) is -1.10. The minimum atomic E-state index is -4.35. The monoisotopic (exact) mass is 431 g/mol. The molecule has 4 unspecified atom stereocenters. The smallest absolute Gasteiger partial charge is 0.350 e. The topological polar surface area (TPSA) is 68.0 Å². The number of nitrogens with one attached hydrogen (secondary N) is 1. The Bertz CT molecular complexity index is 838. The number of nitrogens with two attached hydrogens (primary N) is 1. The van der Waals surface area contributed by atoms with Gasteiger partial charge in [0.25, 0.3) is 0 Å². The third kappa shape index (κ3) is 4.04. The molecule has 0 saturated heterocycles. The highest BCUT2D eigenvalue weighted by Crippen LogP contribution is 2.47. The van der Waals surface area contributed by atoms with Crippen LogP contribution in [0.1, 0.15) is 30.5 Å². The number of amides is 1. The van der Waals surface area contributed by atoms with Crippen LogP contribution in [0.15, 0.2) is 29.6 Å². The molecule has 1 heterocycles. The number of halogens is 4. The molecular weight excluding hydrogens is 411 g/mol. The van der Waals surface area contributed by atoms with Crippen LogP contribution >= 0.6 is 23.7 Å². The van der Waals surface area contributed by atoms with Gasteiger partial charge in [-0.25, -0.2) is 4.98 Å². The number of nitrogens with zero attached hydrogens (tertiary/aromatic N) is 1. The van der Waals surface area contributed by atoms with E-state index in [4.69, 9.17) is 5.73 Å². The normalized spacial score (nSPS) is 26.1. The first kappa shape index (κ1) is 21.1. The molecule has 2 aliphatic carbocycles. The third-order valence-electron chi connectivity index (χ3n) is 5.74. The van der Waals surface area contributed by atoms with E-state index in [0.29, 0.717) is 34.6 Å². The van der Waals surface area contributed by atoms with Gasteiger partial charge in [0.1, 0.15) is 5.01 Å².